The molecule has 1 aliphatic rings. The molecule has 1 aromatic carbocycles. The highest BCUT2D eigenvalue weighted by atomic mass is 32.1. The van der Waals surface area contributed by atoms with E-state index < -0.39 is 0 Å². The van der Waals surface area contributed by atoms with Gasteiger partial charge in [-0.05, 0) is 18.2 Å². The molecule has 2 aromatic rings. The van der Waals surface area contributed by atoms with Crippen LogP contribution in [0.3, 0.4) is 0 Å². The highest BCUT2D eigenvalue weighted by Crippen LogP contribution is 2.28. The summed E-state index contributed by atoms with van der Waals surface area (Å²) in [5, 5.41) is 0.157. The quantitative estimate of drug-likeness (QED) is 0.788. The van der Waals surface area contributed by atoms with Crippen LogP contribution in [0.1, 0.15) is 6.42 Å². The minimum absolute atomic E-state index is 0.156. The van der Waals surface area contributed by atoms with Gasteiger partial charge in [-0.2, -0.15) is 12.6 Å². The van der Waals surface area contributed by atoms with E-state index in [1.54, 1.807) is 16.2 Å². The third kappa shape index (κ3) is 1.60. The van der Waals surface area contributed by atoms with Crippen molar-refractivity contribution in [3.05, 3.63) is 23.7 Å². The van der Waals surface area contributed by atoms with Crippen LogP contribution < -0.4 is 4.90 Å². The number of anilines is 1. The van der Waals surface area contributed by atoms with Gasteiger partial charge in [0, 0.05) is 23.9 Å². The van der Waals surface area contributed by atoms with Crippen molar-refractivity contribution >= 4 is 45.8 Å². The number of fused-ring (bicyclic) bond motifs is 1. The summed E-state index contributed by atoms with van der Waals surface area (Å²) < 4.78 is 1.12. The van der Waals surface area contributed by atoms with Crippen molar-refractivity contribution in [2.45, 2.75) is 11.7 Å². The maximum Gasteiger partial charge on any atom is 0.228 e. The van der Waals surface area contributed by atoms with Crippen LogP contribution in [0.5, 0.6) is 0 Å². The first-order chi connectivity index (χ1) is 7.74. The number of nitrogens with zero attached hydrogens (tertiary/aromatic N) is 2. The molecular weight excluding hydrogens is 240 g/mol. The molecule has 1 aromatic heterocycles. The molecule has 1 saturated heterocycles. The van der Waals surface area contributed by atoms with E-state index in [4.69, 9.17) is 0 Å². The van der Waals surface area contributed by atoms with Crippen LogP contribution in [0.4, 0.5) is 5.69 Å². The summed E-state index contributed by atoms with van der Waals surface area (Å²) in [4.78, 5) is 17.7. The molecule has 0 aliphatic carbocycles. The molecule has 0 N–H and O–H groups in total. The smallest absolute Gasteiger partial charge is 0.228 e. The predicted molar refractivity (Wildman–Crippen MR) is 69.4 cm³/mol. The van der Waals surface area contributed by atoms with Crippen molar-refractivity contribution < 1.29 is 4.79 Å². The van der Waals surface area contributed by atoms with Crippen LogP contribution in [0.2, 0.25) is 0 Å². The van der Waals surface area contributed by atoms with Crippen molar-refractivity contribution in [1.29, 1.82) is 0 Å². The third-order valence-corrected chi connectivity index (χ3v) is 3.87. The molecule has 1 aliphatic heterocycles. The normalized spacial score (nSPS) is 20.9. The van der Waals surface area contributed by atoms with E-state index in [9.17, 15) is 4.79 Å². The van der Waals surface area contributed by atoms with Crippen molar-refractivity contribution in [3.63, 3.8) is 0 Å². The first kappa shape index (κ1) is 10.1. The van der Waals surface area contributed by atoms with Crippen LogP contribution in [-0.2, 0) is 4.79 Å². The number of benzene rings is 1. The fraction of sp³-hybridized carbons (Fsp3) is 0.273. The maximum atomic E-state index is 11.7. The monoisotopic (exact) mass is 250 g/mol. The Morgan fingerprint density at radius 2 is 2.38 bits per heavy atom. The molecule has 1 fully saturated rings. The molecule has 1 unspecified atom stereocenters. The van der Waals surface area contributed by atoms with Crippen molar-refractivity contribution in [3.8, 4) is 0 Å². The van der Waals surface area contributed by atoms with Gasteiger partial charge in [0.25, 0.3) is 0 Å². The number of thiol groups is 1. The lowest BCUT2D eigenvalue weighted by Gasteiger charge is -2.15. The molecule has 0 radical (unpaired) electrons. The van der Waals surface area contributed by atoms with Crippen LogP contribution in [0.25, 0.3) is 10.2 Å². The zero-order valence-electron chi connectivity index (χ0n) is 8.46. The zero-order chi connectivity index (χ0) is 11.1. The zero-order valence-corrected chi connectivity index (χ0v) is 10.2. The summed E-state index contributed by atoms with van der Waals surface area (Å²) in [6, 6.07) is 5.93. The van der Waals surface area contributed by atoms with Gasteiger partial charge in [0.1, 0.15) is 0 Å². The van der Waals surface area contributed by atoms with Crippen molar-refractivity contribution in [2.75, 3.05) is 11.4 Å². The average molecular weight is 250 g/mol. The molecule has 0 saturated carbocycles. The van der Waals surface area contributed by atoms with E-state index in [0.717, 1.165) is 15.9 Å². The number of aromatic nitrogens is 1. The molecule has 82 valence electrons. The minimum Gasteiger partial charge on any atom is -0.311 e. The largest absolute Gasteiger partial charge is 0.311 e. The van der Waals surface area contributed by atoms with Crippen LogP contribution in [0, 0.1) is 0 Å². The molecular formula is C11H10N2OS2. The molecule has 1 atom stereocenters. The second-order valence-electron chi connectivity index (χ2n) is 3.87. The maximum absolute atomic E-state index is 11.7. The molecule has 3 nitrogen and oxygen atoms in total. The summed E-state index contributed by atoms with van der Waals surface area (Å²) in [5.74, 6) is 0.156. The summed E-state index contributed by atoms with van der Waals surface area (Å²) >= 11 is 5.94. The van der Waals surface area contributed by atoms with Gasteiger partial charge in [0.2, 0.25) is 5.91 Å². The van der Waals surface area contributed by atoms with E-state index in [-0.39, 0.29) is 11.2 Å². The van der Waals surface area contributed by atoms with Crippen LogP contribution in [-0.4, -0.2) is 22.7 Å². The molecule has 0 spiro atoms. The number of carbonyl (C=O) groups excluding carboxylic acids is 1. The van der Waals surface area contributed by atoms with Crippen molar-refractivity contribution in [1.82, 2.24) is 4.98 Å². The predicted octanol–water partition coefficient (Wildman–Crippen LogP) is 2.33. The minimum atomic E-state index is 0.156. The van der Waals surface area contributed by atoms with Gasteiger partial charge >= 0.3 is 0 Å². The summed E-state index contributed by atoms with van der Waals surface area (Å²) in [6.45, 7) is 0.701. The third-order valence-electron chi connectivity index (χ3n) is 2.73. The van der Waals surface area contributed by atoms with Crippen LogP contribution >= 0.6 is 24.0 Å². The van der Waals surface area contributed by atoms with E-state index in [0.29, 0.717) is 13.0 Å². The van der Waals surface area contributed by atoms with E-state index in [2.05, 4.69) is 17.6 Å². The Balaban J connectivity index is 2.02. The highest BCUT2D eigenvalue weighted by molar-refractivity contribution is 7.81. The molecule has 5 heteroatoms. The lowest BCUT2D eigenvalue weighted by Crippen LogP contribution is -2.24. The van der Waals surface area contributed by atoms with Gasteiger partial charge in [0.15, 0.2) is 0 Å². The van der Waals surface area contributed by atoms with Gasteiger partial charge < -0.3 is 4.90 Å². The average Bonchev–Trinajstić information content (AvgIpc) is 2.83. The molecule has 0 bridgehead atoms. The number of carbonyl (C=O) groups is 1. The molecule has 1 amide bonds. The number of hydrogen-bond donors (Lipinski definition) is 1. The van der Waals surface area contributed by atoms with Gasteiger partial charge in [0.05, 0.1) is 15.7 Å². The standard InChI is InChI=1S/C11H10N2OS2/c14-11-4-8(15)5-13(11)7-1-2-9-10(3-7)16-6-12-9/h1-3,6,8,15H,4-5H2. The van der Waals surface area contributed by atoms with E-state index >= 15 is 0 Å². The Kier molecular flexibility index (Phi) is 2.37. The number of amides is 1. The van der Waals surface area contributed by atoms with E-state index in [1.165, 1.54) is 0 Å². The second-order valence-corrected chi connectivity index (χ2v) is 5.48. The fourth-order valence-electron chi connectivity index (χ4n) is 1.95. The number of hydrogen-bond acceptors (Lipinski definition) is 4. The Bertz CT molecular complexity index is 552. The summed E-state index contributed by atoms with van der Waals surface area (Å²) in [5.41, 5.74) is 3.77. The number of thiazole rings is 1. The Labute approximate surface area is 103 Å². The van der Waals surface area contributed by atoms with Crippen molar-refractivity contribution in [2.24, 2.45) is 0 Å². The van der Waals surface area contributed by atoms with Crippen LogP contribution in [0.15, 0.2) is 23.7 Å². The molecule has 16 heavy (non-hydrogen) atoms. The van der Waals surface area contributed by atoms with Gasteiger partial charge in [-0.3, -0.25) is 4.79 Å². The Morgan fingerprint density at radius 3 is 3.12 bits per heavy atom. The fourth-order valence-corrected chi connectivity index (χ4v) is 2.98. The molecule has 2 heterocycles. The summed E-state index contributed by atoms with van der Waals surface area (Å²) in [6.07, 6.45) is 0.532. The summed E-state index contributed by atoms with van der Waals surface area (Å²) in [7, 11) is 0. The highest BCUT2D eigenvalue weighted by Gasteiger charge is 2.28. The Morgan fingerprint density at radius 1 is 1.50 bits per heavy atom. The Hall–Kier alpha value is -1.07. The van der Waals surface area contributed by atoms with Gasteiger partial charge in [-0.1, -0.05) is 0 Å². The second kappa shape index (κ2) is 3.75. The van der Waals surface area contributed by atoms with E-state index in [1.807, 2.05) is 23.7 Å². The van der Waals surface area contributed by atoms with Gasteiger partial charge in [-0.15, -0.1) is 11.3 Å². The first-order valence-corrected chi connectivity index (χ1v) is 6.45. The molecule has 3 rings (SSSR count). The SMILES string of the molecule is O=C1CC(S)CN1c1ccc2ncsc2c1. The topological polar surface area (TPSA) is 33.2 Å². The lowest BCUT2D eigenvalue weighted by atomic mass is 10.3. The van der Waals surface area contributed by atoms with Gasteiger partial charge in [-0.25, -0.2) is 4.98 Å². The lowest BCUT2D eigenvalue weighted by molar-refractivity contribution is -0.117. The number of rotatable bonds is 1. The first-order valence-electron chi connectivity index (χ1n) is 5.06.